The summed E-state index contributed by atoms with van der Waals surface area (Å²) in [7, 11) is 0. The van der Waals surface area contributed by atoms with Gasteiger partial charge >= 0.3 is 0 Å². The molecule has 0 aliphatic carbocycles. The van der Waals surface area contributed by atoms with Crippen molar-refractivity contribution in [1.82, 2.24) is 14.7 Å². The highest BCUT2D eigenvalue weighted by atomic mass is 16.2. The zero-order valence-electron chi connectivity index (χ0n) is 14.2. The van der Waals surface area contributed by atoms with E-state index in [4.69, 9.17) is 0 Å². The summed E-state index contributed by atoms with van der Waals surface area (Å²) in [6.45, 7) is 7.11. The lowest BCUT2D eigenvalue weighted by atomic mass is 10.0. The van der Waals surface area contributed by atoms with Crippen molar-refractivity contribution in [1.29, 1.82) is 0 Å². The molecule has 0 spiro atoms. The van der Waals surface area contributed by atoms with Gasteiger partial charge in [-0.1, -0.05) is 29.3 Å². The first kappa shape index (κ1) is 16.2. The van der Waals surface area contributed by atoms with Crippen molar-refractivity contribution in [3.05, 3.63) is 69.2 Å². The Morgan fingerprint density at radius 3 is 2.46 bits per heavy atom. The fourth-order valence-corrected chi connectivity index (χ4v) is 2.87. The van der Waals surface area contributed by atoms with Crippen LogP contribution < -0.4 is 5.43 Å². The van der Waals surface area contributed by atoms with Gasteiger partial charge in [-0.25, -0.2) is 4.68 Å². The summed E-state index contributed by atoms with van der Waals surface area (Å²) in [6, 6.07) is 11.0. The van der Waals surface area contributed by atoms with E-state index in [1.54, 1.807) is 9.58 Å². The molecular formula is C19H21N3O2. The van der Waals surface area contributed by atoms with Crippen molar-refractivity contribution in [3.8, 4) is 5.69 Å². The number of benzene rings is 1. The van der Waals surface area contributed by atoms with Crippen molar-refractivity contribution in [2.75, 3.05) is 13.1 Å². The Labute approximate surface area is 141 Å². The molecule has 3 rings (SSSR count). The molecule has 0 N–H and O–H groups in total. The minimum atomic E-state index is -0.325. The zero-order chi connectivity index (χ0) is 17.3. The van der Waals surface area contributed by atoms with Gasteiger partial charge in [0.1, 0.15) is 0 Å². The molecule has 0 unspecified atom stereocenters. The molecule has 5 heteroatoms. The Bertz CT molecular complexity index is 866. The molecule has 0 saturated carbocycles. The second-order valence-corrected chi connectivity index (χ2v) is 6.28. The van der Waals surface area contributed by atoms with Crippen LogP contribution in [-0.2, 0) is 0 Å². The van der Waals surface area contributed by atoms with Crippen molar-refractivity contribution in [2.45, 2.75) is 27.2 Å². The predicted octanol–water partition coefficient (Wildman–Crippen LogP) is 2.72. The van der Waals surface area contributed by atoms with Gasteiger partial charge in [0, 0.05) is 24.8 Å². The predicted molar refractivity (Wildman–Crippen MR) is 93.5 cm³/mol. The van der Waals surface area contributed by atoms with Gasteiger partial charge in [-0.3, -0.25) is 9.59 Å². The Morgan fingerprint density at radius 1 is 1.08 bits per heavy atom. The molecule has 2 aromatic rings. The minimum absolute atomic E-state index is 0.0168. The lowest BCUT2D eigenvalue weighted by Crippen LogP contribution is -2.40. The van der Waals surface area contributed by atoms with Gasteiger partial charge in [-0.2, -0.15) is 5.10 Å². The normalized spacial score (nSPS) is 14.9. The molecule has 5 nitrogen and oxygen atoms in total. The number of carbonyl (C=O) groups excluding carboxylic acids is 1. The van der Waals surface area contributed by atoms with E-state index in [0.29, 0.717) is 18.8 Å². The minimum Gasteiger partial charge on any atom is -0.333 e. The van der Waals surface area contributed by atoms with Gasteiger partial charge < -0.3 is 4.90 Å². The van der Waals surface area contributed by atoms with Crippen LogP contribution in [0.1, 0.15) is 36.5 Å². The SMILES string of the molecule is CC1=C(C)CN(C(=O)c2nn(-c3ccccc3)c(C)cc2=O)CC1. The van der Waals surface area contributed by atoms with E-state index in [-0.39, 0.29) is 17.0 Å². The molecule has 2 heterocycles. The highest BCUT2D eigenvalue weighted by Gasteiger charge is 2.24. The van der Waals surface area contributed by atoms with Crippen LogP contribution in [0.25, 0.3) is 5.69 Å². The molecule has 0 saturated heterocycles. The molecule has 1 amide bonds. The van der Waals surface area contributed by atoms with Gasteiger partial charge in [-0.05, 0) is 39.3 Å². The highest BCUT2D eigenvalue weighted by molar-refractivity contribution is 5.92. The highest BCUT2D eigenvalue weighted by Crippen LogP contribution is 2.18. The molecule has 1 aromatic carbocycles. The third-order valence-corrected chi connectivity index (χ3v) is 4.51. The molecule has 0 bridgehead atoms. The van der Waals surface area contributed by atoms with E-state index in [2.05, 4.69) is 12.0 Å². The van der Waals surface area contributed by atoms with Gasteiger partial charge in [0.05, 0.1) is 5.69 Å². The van der Waals surface area contributed by atoms with Crippen molar-refractivity contribution >= 4 is 5.91 Å². The second-order valence-electron chi connectivity index (χ2n) is 6.28. The van der Waals surface area contributed by atoms with Gasteiger partial charge in [0.25, 0.3) is 5.91 Å². The van der Waals surface area contributed by atoms with E-state index in [0.717, 1.165) is 12.1 Å². The number of hydrogen-bond donors (Lipinski definition) is 0. The number of aryl methyl sites for hydroxylation is 1. The molecule has 124 valence electrons. The molecule has 1 aliphatic rings. The lowest BCUT2D eigenvalue weighted by Gasteiger charge is -2.28. The maximum Gasteiger partial charge on any atom is 0.278 e. The molecule has 0 radical (unpaired) electrons. The van der Waals surface area contributed by atoms with Crippen LogP contribution in [0, 0.1) is 6.92 Å². The monoisotopic (exact) mass is 323 g/mol. The van der Waals surface area contributed by atoms with Crippen LogP contribution >= 0.6 is 0 Å². The molecule has 1 aliphatic heterocycles. The first-order chi connectivity index (χ1) is 11.5. The number of nitrogens with zero attached hydrogens (tertiary/aromatic N) is 3. The summed E-state index contributed by atoms with van der Waals surface area (Å²) >= 11 is 0. The van der Waals surface area contributed by atoms with Crippen LogP contribution in [0.2, 0.25) is 0 Å². The summed E-state index contributed by atoms with van der Waals surface area (Å²) in [4.78, 5) is 26.8. The Kier molecular flexibility index (Phi) is 4.34. The van der Waals surface area contributed by atoms with Gasteiger partial charge in [-0.15, -0.1) is 0 Å². The molecular weight excluding hydrogens is 302 g/mol. The smallest absolute Gasteiger partial charge is 0.278 e. The van der Waals surface area contributed by atoms with E-state index in [1.807, 2.05) is 44.2 Å². The first-order valence-electron chi connectivity index (χ1n) is 8.08. The van der Waals surface area contributed by atoms with E-state index >= 15 is 0 Å². The van der Waals surface area contributed by atoms with E-state index in [9.17, 15) is 9.59 Å². The van der Waals surface area contributed by atoms with E-state index in [1.165, 1.54) is 17.2 Å². The van der Waals surface area contributed by atoms with Gasteiger partial charge in [0.2, 0.25) is 5.43 Å². The van der Waals surface area contributed by atoms with Gasteiger partial charge in [0.15, 0.2) is 5.69 Å². The molecule has 24 heavy (non-hydrogen) atoms. The average Bonchev–Trinajstić information content (AvgIpc) is 2.58. The third-order valence-electron chi connectivity index (χ3n) is 4.51. The maximum absolute atomic E-state index is 12.8. The van der Waals surface area contributed by atoms with Crippen molar-refractivity contribution in [2.24, 2.45) is 0 Å². The number of carbonyl (C=O) groups is 1. The largest absolute Gasteiger partial charge is 0.333 e. The Hall–Kier alpha value is -2.69. The number of rotatable bonds is 2. The number of amides is 1. The van der Waals surface area contributed by atoms with Crippen molar-refractivity contribution < 1.29 is 4.79 Å². The quantitative estimate of drug-likeness (QED) is 0.799. The van der Waals surface area contributed by atoms with Crippen LogP contribution in [0.3, 0.4) is 0 Å². The lowest BCUT2D eigenvalue weighted by molar-refractivity contribution is 0.0754. The fraction of sp³-hybridized carbons (Fsp3) is 0.316. The van der Waals surface area contributed by atoms with Crippen molar-refractivity contribution in [3.63, 3.8) is 0 Å². The standard InChI is InChI=1S/C19H21N3O2/c1-13-9-10-21(12-14(13)2)19(24)18-17(23)11-15(3)22(20-18)16-7-5-4-6-8-16/h4-8,11H,9-10,12H2,1-3H3. The first-order valence-corrected chi connectivity index (χ1v) is 8.08. The maximum atomic E-state index is 12.8. The Balaban J connectivity index is 2.00. The summed E-state index contributed by atoms with van der Waals surface area (Å²) < 4.78 is 1.65. The molecule has 0 fully saturated rings. The van der Waals surface area contributed by atoms with Crippen LogP contribution in [0.4, 0.5) is 0 Å². The van der Waals surface area contributed by atoms with Crippen LogP contribution in [0.15, 0.2) is 52.3 Å². The number of hydrogen-bond acceptors (Lipinski definition) is 3. The average molecular weight is 323 g/mol. The summed E-state index contributed by atoms with van der Waals surface area (Å²) in [5.74, 6) is -0.295. The van der Waals surface area contributed by atoms with E-state index < -0.39 is 0 Å². The Morgan fingerprint density at radius 2 is 1.79 bits per heavy atom. The fourth-order valence-electron chi connectivity index (χ4n) is 2.87. The molecule has 0 atom stereocenters. The summed E-state index contributed by atoms with van der Waals surface area (Å²) in [6.07, 6.45) is 0.844. The summed E-state index contributed by atoms with van der Waals surface area (Å²) in [5, 5.41) is 4.36. The zero-order valence-corrected chi connectivity index (χ0v) is 14.2. The molecule has 1 aromatic heterocycles. The topological polar surface area (TPSA) is 55.2 Å². The van der Waals surface area contributed by atoms with Crippen LogP contribution in [0.5, 0.6) is 0 Å². The number of para-hydroxylation sites is 1. The van der Waals surface area contributed by atoms with Crippen LogP contribution in [-0.4, -0.2) is 33.7 Å². The second kappa shape index (κ2) is 6.43. The number of aromatic nitrogens is 2. The third kappa shape index (κ3) is 3.02. The summed E-state index contributed by atoms with van der Waals surface area (Å²) in [5.41, 5.74) is 3.69.